The van der Waals surface area contributed by atoms with Crippen molar-refractivity contribution in [1.82, 2.24) is 9.80 Å². The number of piperidine rings is 1. The topological polar surface area (TPSA) is 40.6 Å². The van der Waals surface area contributed by atoms with Gasteiger partial charge in [-0.3, -0.25) is 9.59 Å². The number of fused-ring (bicyclic) bond motifs is 4. The average molecular weight is 374 g/mol. The van der Waals surface area contributed by atoms with Gasteiger partial charge in [0.05, 0.1) is 12.0 Å². The van der Waals surface area contributed by atoms with Gasteiger partial charge in [0.2, 0.25) is 5.91 Å². The number of hydrogen-bond acceptors (Lipinski definition) is 2. The Morgan fingerprint density at radius 1 is 0.929 bits per heavy atom. The van der Waals surface area contributed by atoms with Crippen molar-refractivity contribution in [1.29, 1.82) is 0 Å². The first-order valence-corrected chi connectivity index (χ1v) is 10.4. The van der Waals surface area contributed by atoms with E-state index in [2.05, 4.69) is 25.1 Å². The summed E-state index contributed by atoms with van der Waals surface area (Å²) in [4.78, 5) is 31.0. The van der Waals surface area contributed by atoms with Gasteiger partial charge in [-0.25, -0.2) is 0 Å². The summed E-state index contributed by atoms with van der Waals surface area (Å²) in [5, 5.41) is 0. The summed E-state index contributed by atoms with van der Waals surface area (Å²) in [5.41, 5.74) is 4.00. The number of carbonyl (C=O) groups is 2. The van der Waals surface area contributed by atoms with Gasteiger partial charge in [-0.1, -0.05) is 49.4 Å². The molecule has 0 radical (unpaired) electrons. The maximum absolute atomic E-state index is 13.8. The molecule has 0 N–H and O–H groups in total. The number of likely N-dealkylation sites (tertiary alicyclic amines) is 1. The molecule has 0 aliphatic carbocycles. The van der Waals surface area contributed by atoms with E-state index in [4.69, 9.17) is 0 Å². The molecule has 0 bridgehead atoms. The van der Waals surface area contributed by atoms with Crippen LogP contribution in [0.25, 0.3) is 0 Å². The van der Waals surface area contributed by atoms with Crippen LogP contribution in [0.4, 0.5) is 0 Å². The van der Waals surface area contributed by atoms with Gasteiger partial charge < -0.3 is 9.80 Å². The van der Waals surface area contributed by atoms with E-state index in [-0.39, 0.29) is 23.8 Å². The highest BCUT2D eigenvalue weighted by Gasteiger charge is 2.47. The SMILES string of the molecule is CC1CCN(C(=O)[C@H]2c3ccccc3C(=O)N3CCc4ccccc4[C@H]23)CC1. The fraction of sp³-hybridized carbons (Fsp3) is 0.417. The summed E-state index contributed by atoms with van der Waals surface area (Å²) < 4.78 is 0. The van der Waals surface area contributed by atoms with Crippen LogP contribution in [0.1, 0.15) is 58.8 Å². The monoisotopic (exact) mass is 374 g/mol. The molecule has 3 aliphatic rings. The quantitative estimate of drug-likeness (QED) is 0.762. The molecule has 0 spiro atoms. The molecule has 4 heteroatoms. The molecule has 144 valence electrons. The lowest BCUT2D eigenvalue weighted by atomic mass is 9.75. The largest absolute Gasteiger partial charge is 0.342 e. The zero-order valence-corrected chi connectivity index (χ0v) is 16.3. The van der Waals surface area contributed by atoms with E-state index in [1.54, 1.807) is 0 Å². The normalized spacial score (nSPS) is 24.4. The van der Waals surface area contributed by atoms with Gasteiger partial charge in [0.25, 0.3) is 5.91 Å². The van der Waals surface area contributed by atoms with Crippen molar-refractivity contribution < 1.29 is 9.59 Å². The first-order chi connectivity index (χ1) is 13.6. The van der Waals surface area contributed by atoms with Crippen LogP contribution in [-0.4, -0.2) is 41.2 Å². The summed E-state index contributed by atoms with van der Waals surface area (Å²) >= 11 is 0. The van der Waals surface area contributed by atoms with E-state index in [1.165, 1.54) is 5.56 Å². The minimum Gasteiger partial charge on any atom is -0.342 e. The van der Waals surface area contributed by atoms with E-state index < -0.39 is 0 Å². The molecule has 1 fully saturated rings. The maximum atomic E-state index is 13.8. The predicted molar refractivity (Wildman–Crippen MR) is 108 cm³/mol. The summed E-state index contributed by atoms with van der Waals surface area (Å²) in [6.45, 7) is 4.58. The van der Waals surface area contributed by atoms with E-state index >= 15 is 0 Å². The zero-order valence-electron chi connectivity index (χ0n) is 16.3. The first kappa shape index (κ1) is 17.5. The number of nitrogens with zero attached hydrogens (tertiary/aromatic N) is 2. The maximum Gasteiger partial charge on any atom is 0.254 e. The van der Waals surface area contributed by atoms with Gasteiger partial charge >= 0.3 is 0 Å². The van der Waals surface area contributed by atoms with Crippen LogP contribution >= 0.6 is 0 Å². The fourth-order valence-electron chi connectivity index (χ4n) is 5.17. The van der Waals surface area contributed by atoms with Crippen molar-refractivity contribution in [2.75, 3.05) is 19.6 Å². The van der Waals surface area contributed by atoms with Gasteiger partial charge in [-0.05, 0) is 47.9 Å². The molecular formula is C24H26N2O2. The number of carbonyl (C=O) groups excluding carboxylic acids is 2. The highest BCUT2D eigenvalue weighted by molar-refractivity contribution is 6.01. The van der Waals surface area contributed by atoms with Crippen LogP contribution < -0.4 is 0 Å². The van der Waals surface area contributed by atoms with Crippen molar-refractivity contribution in [2.45, 2.75) is 38.1 Å². The molecule has 28 heavy (non-hydrogen) atoms. The lowest BCUT2D eigenvalue weighted by Crippen LogP contribution is -2.51. The van der Waals surface area contributed by atoms with E-state index in [0.29, 0.717) is 18.0 Å². The number of benzene rings is 2. The molecule has 0 unspecified atom stereocenters. The Morgan fingerprint density at radius 3 is 2.39 bits per heavy atom. The van der Waals surface area contributed by atoms with Gasteiger partial charge in [0.15, 0.2) is 0 Å². The minimum atomic E-state index is -0.316. The van der Waals surface area contributed by atoms with Crippen molar-refractivity contribution in [2.24, 2.45) is 5.92 Å². The first-order valence-electron chi connectivity index (χ1n) is 10.4. The Morgan fingerprint density at radius 2 is 1.61 bits per heavy atom. The third-order valence-electron chi connectivity index (χ3n) is 6.80. The molecule has 2 atom stereocenters. The van der Waals surface area contributed by atoms with Gasteiger partial charge in [-0.2, -0.15) is 0 Å². The molecule has 2 aromatic carbocycles. The number of hydrogen-bond donors (Lipinski definition) is 0. The lowest BCUT2D eigenvalue weighted by molar-refractivity contribution is -0.136. The summed E-state index contributed by atoms with van der Waals surface area (Å²) in [6.07, 6.45) is 2.97. The second-order valence-corrected chi connectivity index (χ2v) is 8.46. The van der Waals surface area contributed by atoms with Crippen LogP contribution in [0.2, 0.25) is 0 Å². The van der Waals surface area contributed by atoms with Gasteiger partial charge in [0.1, 0.15) is 0 Å². The zero-order chi connectivity index (χ0) is 19.3. The van der Waals surface area contributed by atoms with E-state index in [9.17, 15) is 9.59 Å². The summed E-state index contributed by atoms with van der Waals surface area (Å²) in [5.74, 6) is 0.602. The third-order valence-corrected chi connectivity index (χ3v) is 6.80. The Kier molecular flexibility index (Phi) is 4.22. The molecule has 3 heterocycles. The second-order valence-electron chi connectivity index (χ2n) is 8.46. The highest BCUT2D eigenvalue weighted by atomic mass is 16.2. The van der Waals surface area contributed by atoms with Crippen molar-refractivity contribution in [3.8, 4) is 0 Å². The number of amides is 2. The van der Waals surface area contributed by atoms with Crippen LogP contribution in [0.15, 0.2) is 48.5 Å². The molecule has 3 aliphatic heterocycles. The van der Waals surface area contributed by atoms with Gasteiger partial charge in [0, 0.05) is 25.2 Å². The Hall–Kier alpha value is -2.62. The summed E-state index contributed by atoms with van der Waals surface area (Å²) in [7, 11) is 0. The molecule has 1 saturated heterocycles. The molecule has 4 nitrogen and oxygen atoms in total. The standard InChI is InChI=1S/C24H26N2O2/c1-16-10-13-25(14-11-16)24(28)21-19-8-4-5-9-20(19)23(27)26-15-12-17-6-2-3-7-18(17)22(21)26/h2-9,16,21-22H,10-15H2,1H3/t21-,22+/m0/s1. The molecule has 5 rings (SSSR count). The number of rotatable bonds is 1. The van der Waals surface area contributed by atoms with Crippen molar-refractivity contribution in [3.05, 3.63) is 70.8 Å². The Balaban J connectivity index is 1.63. The van der Waals surface area contributed by atoms with E-state index in [0.717, 1.165) is 43.5 Å². The minimum absolute atomic E-state index is 0.0615. The van der Waals surface area contributed by atoms with Gasteiger partial charge in [-0.15, -0.1) is 0 Å². The Labute approximate surface area is 166 Å². The predicted octanol–water partition coefficient (Wildman–Crippen LogP) is 3.78. The lowest BCUT2D eigenvalue weighted by Gasteiger charge is -2.46. The Bertz CT molecular complexity index is 930. The molecule has 0 aromatic heterocycles. The van der Waals surface area contributed by atoms with Crippen LogP contribution in [0.3, 0.4) is 0 Å². The molecule has 2 aromatic rings. The average Bonchev–Trinajstić information content (AvgIpc) is 2.74. The second kappa shape index (κ2) is 6.77. The van der Waals surface area contributed by atoms with Crippen LogP contribution in [0.5, 0.6) is 0 Å². The molecular weight excluding hydrogens is 348 g/mol. The smallest absolute Gasteiger partial charge is 0.254 e. The van der Waals surface area contributed by atoms with Crippen molar-refractivity contribution >= 4 is 11.8 Å². The summed E-state index contributed by atoms with van der Waals surface area (Å²) in [6, 6.07) is 15.8. The third kappa shape index (κ3) is 2.66. The molecule has 2 amide bonds. The fourth-order valence-corrected chi connectivity index (χ4v) is 5.17. The van der Waals surface area contributed by atoms with Crippen LogP contribution in [-0.2, 0) is 11.2 Å². The van der Waals surface area contributed by atoms with E-state index in [1.807, 2.05) is 40.1 Å². The van der Waals surface area contributed by atoms with Crippen molar-refractivity contribution in [3.63, 3.8) is 0 Å². The van der Waals surface area contributed by atoms with Crippen LogP contribution in [0, 0.1) is 5.92 Å². The highest BCUT2D eigenvalue weighted by Crippen LogP contribution is 2.46. The molecule has 0 saturated carbocycles.